The maximum Gasteiger partial charge on any atom is 0.227 e. The molecule has 0 heterocycles. The SMILES string of the molecule is COc1ccccc1C1(CNC(=O)CC(C)=O)CCC1. The fourth-order valence-corrected chi connectivity index (χ4v) is 2.78. The van der Waals surface area contributed by atoms with Gasteiger partial charge in [0.15, 0.2) is 0 Å². The summed E-state index contributed by atoms with van der Waals surface area (Å²) in [5, 5.41) is 2.89. The van der Waals surface area contributed by atoms with Crippen molar-refractivity contribution in [1.82, 2.24) is 5.32 Å². The van der Waals surface area contributed by atoms with Crippen molar-refractivity contribution in [1.29, 1.82) is 0 Å². The molecule has 0 saturated heterocycles. The van der Waals surface area contributed by atoms with Gasteiger partial charge in [-0.05, 0) is 25.8 Å². The van der Waals surface area contributed by atoms with Crippen molar-refractivity contribution < 1.29 is 14.3 Å². The van der Waals surface area contributed by atoms with E-state index in [1.54, 1.807) is 7.11 Å². The molecule has 20 heavy (non-hydrogen) atoms. The second-order valence-electron chi connectivity index (χ2n) is 5.49. The summed E-state index contributed by atoms with van der Waals surface area (Å²) in [4.78, 5) is 22.6. The fourth-order valence-electron chi connectivity index (χ4n) is 2.78. The number of carbonyl (C=O) groups is 2. The van der Waals surface area contributed by atoms with Gasteiger partial charge in [-0.3, -0.25) is 9.59 Å². The van der Waals surface area contributed by atoms with Gasteiger partial charge >= 0.3 is 0 Å². The first-order chi connectivity index (χ1) is 9.57. The summed E-state index contributed by atoms with van der Waals surface area (Å²) in [7, 11) is 1.67. The molecule has 4 heteroatoms. The molecule has 1 aromatic rings. The largest absolute Gasteiger partial charge is 0.496 e. The van der Waals surface area contributed by atoms with Crippen LogP contribution in [0.15, 0.2) is 24.3 Å². The highest BCUT2D eigenvalue weighted by Gasteiger charge is 2.40. The number of carbonyl (C=O) groups excluding carboxylic acids is 2. The smallest absolute Gasteiger partial charge is 0.227 e. The maximum atomic E-state index is 11.7. The molecule has 0 unspecified atom stereocenters. The van der Waals surface area contributed by atoms with E-state index in [2.05, 4.69) is 11.4 Å². The predicted octanol–water partition coefficient (Wildman–Crippen LogP) is 2.21. The minimum atomic E-state index is -0.196. The van der Waals surface area contributed by atoms with Crippen molar-refractivity contribution >= 4 is 11.7 Å². The molecule has 108 valence electrons. The standard InChI is InChI=1S/C16H21NO3/c1-12(18)10-15(19)17-11-16(8-5-9-16)13-6-3-4-7-14(13)20-2/h3-4,6-7H,5,8-11H2,1-2H3,(H,17,19). The Labute approximate surface area is 119 Å². The molecule has 1 saturated carbocycles. The first-order valence-electron chi connectivity index (χ1n) is 6.97. The highest BCUT2D eigenvalue weighted by Crippen LogP contribution is 2.46. The van der Waals surface area contributed by atoms with Crippen molar-refractivity contribution in [2.24, 2.45) is 0 Å². The lowest BCUT2D eigenvalue weighted by Crippen LogP contribution is -2.46. The molecule has 0 radical (unpaired) electrons. The van der Waals surface area contributed by atoms with Crippen LogP contribution in [0.25, 0.3) is 0 Å². The Balaban J connectivity index is 2.10. The molecular formula is C16H21NO3. The molecule has 1 fully saturated rings. The van der Waals surface area contributed by atoms with Crippen LogP contribution in [-0.4, -0.2) is 25.3 Å². The number of rotatable bonds is 6. The van der Waals surface area contributed by atoms with Gasteiger partial charge in [0.25, 0.3) is 0 Å². The number of amides is 1. The normalized spacial score (nSPS) is 16.1. The summed E-state index contributed by atoms with van der Waals surface area (Å²) in [5.41, 5.74) is 1.11. The Kier molecular flexibility index (Phi) is 4.42. The average molecular weight is 275 g/mol. The number of para-hydroxylation sites is 1. The molecule has 2 rings (SSSR count). The molecule has 0 aromatic heterocycles. The quantitative estimate of drug-likeness (QED) is 0.810. The number of hydrogen-bond donors (Lipinski definition) is 1. The van der Waals surface area contributed by atoms with E-state index in [-0.39, 0.29) is 23.5 Å². The first-order valence-corrected chi connectivity index (χ1v) is 6.97. The van der Waals surface area contributed by atoms with Crippen molar-refractivity contribution in [3.05, 3.63) is 29.8 Å². The van der Waals surface area contributed by atoms with E-state index in [0.29, 0.717) is 6.54 Å². The molecular weight excluding hydrogens is 254 g/mol. The van der Waals surface area contributed by atoms with Gasteiger partial charge < -0.3 is 10.1 Å². The summed E-state index contributed by atoms with van der Waals surface area (Å²) in [6, 6.07) is 7.96. The van der Waals surface area contributed by atoms with Crippen LogP contribution in [0.5, 0.6) is 5.75 Å². The number of ether oxygens (including phenoxy) is 1. The molecule has 0 bridgehead atoms. The van der Waals surface area contributed by atoms with Gasteiger partial charge in [-0.15, -0.1) is 0 Å². The molecule has 1 aliphatic carbocycles. The molecule has 1 aliphatic rings. The Morgan fingerprint density at radius 1 is 1.30 bits per heavy atom. The minimum Gasteiger partial charge on any atom is -0.496 e. The number of ketones is 1. The van der Waals surface area contributed by atoms with Crippen LogP contribution in [0.4, 0.5) is 0 Å². The minimum absolute atomic E-state index is 0.0397. The highest BCUT2D eigenvalue weighted by molar-refractivity contribution is 5.96. The van der Waals surface area contributed by atoms with E-state index < -0.39 is 0 Å². The van der Waals surface area contributed by atoms with Crippen LogP contribution in [-0.2, 0) is 15.0 Å². The van der Waals surface area contributed by atoms with E-state index in [9.17, 15) is 9.59 Å². The van der Waals surface area contributed by atoms with Gasteiger partial charge in [-0.1, -0.05) is 24.6 Å². The van der Waals surface area contributed by atoms with E-state index in [1.807, 2.05) is 18.2 Å². The van der Waals surface area contributed by atoms with Crippen LogP contribution in [0.2, 0.25) is 0 Å². The third-order valence-corrected chi connectivity index (χ3v) is 4.02. The summed E-state index contributed by atoms with van der Waals surface area (Å²) in [6.07, 6.45) is 3.18. The van der Waals surface area contributed by atoms with Crippen LogP contribution < -0.4 is 10.1 Å². The van der Waals surface area contributed by atoms with E-state index in [1.165, 1.54) is 6.92 Å². The summed E-state index contributed by atoms with van der Waals surface area (Å²) in [6.45, 7) is 2.00. The summed E-state index contributed by atoms with van der Waals surface area (Å²) >= 11 is 0. The third-order valence-electron chi connectivity index (χ3n) is 4.02. The van der Waals surface area contributed by atoms with Crippen molar-refractivity contribution in [2.45, 2.75) is 38.0 Å². The monoisotopic (exact) mass is 275 g/mol. The first kappa shape index (κ1) is 14.6. The Morgan fingerprint density at radius 2 is 2.00 bits per heavy atom. The van der Waals surface area contributed by atoms with Gasteiger partial charge in [-0.25, -0.2) is 0 Å². The molecule has 1 aromatic carbocycles. The second kappa shape index (κ2) is 6.07. The number of methoxy groups -OCH3 is 1. The van der Waals surface area contributed by atoms with Gasteiger partial charge in [0.1, 0.15) is 11.5 Å². The number of hydrogen-bond acceptors (Lipinski definition) is 3. The highest BCUT2D eigenvalue weighted by atomic mass is 16.5. The number of benzene rings is 1. The number of Topliss-reactive ketones (excluding diaryl/α,β-unsaturated/α-hetero) is 1. The lowest BCUT2D eigenvalue weighted by Gasteiger charge is -2.43. The lowest BCUT2D eigenvalue weighted by molar-refractivity contribution is -0.127. The van der Waals surface area contributed by atoms with Crippen molar-refractivity contribution in [3.63, 3.8) is 0 Å². The topological polar surface area (TPSA) is 55.4 Å². The molecule has 0 aliphatic heterocycles. The zero-order chi connectivity index (χ0) is 14.6. The van der Waals surface area contributed by atoms with Crippen LogP contribution >= 0.6 is 0 Å². The molecule has 0 atom stereocenters. The third kappa shape index (κ3) is 3.00. The van der Waals surface area contributed by atoms with E-state index in [4.69, 9.17) is 4.74 Å². The van der Waals surface area contributed by atoms with Gasteiger partial charge in [0.2, 0.25) is 5.91 Å². The lowest BCUT2D eigenvalue weighted by atomic mass is 9.64. The van der Waals surface area contributed by atoms with Gasteiger partial charge in [-0.2, -0.15) is 0 Å². The predicted molar refractivity (Wildman–Crippen MR) is 76.8 cm³/mol. The number of nitrogens with one attached hydrogen (secondary N) is 1. The molecule has 0 spiro atoms. The summed E-state index contributed by atoms with van der Waals surface area (Å²) in [5.74, 6) is 0.564. The van der Waals surface area contributed by atoms with Gasteiger partial charge in [0.05, 0.1) is 13.5 Å². The molecule has 4 nitrogen and oxygen atoms in total. The zero-order valence-electron chi connectivity index (χ0n) is 12.1. The Morgan fingerprint density at radius 3 is 2.55 bits per heavy atom. The average Bonchev–Trinajstić information content (AvgIpc) is 2.37. The summed E-state index contributed by atoms with van der Waals surface area (Å²) < 4.78 is 5.43. The molecule has 1 amide bonds. The Hall–Kier alpha value is -1.84. The molecule has 1 N–H and O–H groups in total. The maximum absolute atomic E-state index is 11.7. The van der Waals surface area contributed by atoms with E-state index >= 15 is 0 Å². The fraction of sp³-hybridized carbons (Fsp3) is 0.500. The van der Waals surface area contributed by atoms with Crippen LogP contribution in [0.3, 0.4) is 0 Å². The second-order valence-corrected chi connectivity index (χ2v) is 5.49. The van der Waals surface area contributed by atoms with Crippen LogP contribution in [0.1, 0.15) is 38.2 Å². The van der Waals surface area contributed by atoms with Gasteiger partial charge in [0, 0.05) is 17.5 Å². The van der Waals surface area contributed by atoms with E-state index in [0.717, 1.165) is 30.6 Å². The van der Waals surface area contributed by atoms with Crippen LogP contribution in [0, 0.1) is 0 Å². The van der Waals surface area contributed by atoms with Crippen molar-refractivity contribution in [3.8, 4) is 5.75 Å². The van der Waals surface area contributed by atoms with Crippen molar-refractivity contribution in [2.75, 3.05) is 13.7 Å². The zero-order valence-corrected chi connectivity index (χ0v) is 12.1. The Bertz CT molecular complexity index is 506.